The van der Waals surface area contributed by atoms with Crippen LogP contribution in [0.4, 0.5) is 10.1 Å². The third-order valence-electron chi connectivity index (χ3n) is 2.67. The van der Waals surface area contributed by atoms with E-state index in [-0.39, 0.29) is 10.6 Å². The summed E-state index contributed by atoms with van der Waals surface area (Å²) in [6.45, 7) is 1.86. The molecule has 6 heteroatoms. The average Bonchev–Trinajstić information content (AvgIpc) is 2.35. The van der Waals surface area contributed by atoms with Gasteiger partial charge in [0, 0.05) is 9.50 Å². The van der Waals surface area contributed by atoms with Crippen LogP contribution in [0.2, 0.25) is 10.0 Å². The number of aryl methyl sites for hydroxylation is 1. The third kappa shape index (κ3) is 3.32. The van der Waals surface area contributed by atoms with Crippen molar-refractivity contribution in [3.8, 4) is 0 Å². The van der Waals surface area contributed by atoms with E-state index in [1.165, 1.54) is 12.1 Å². The summed E-state index contributed by atoms with van der Waals surface area (Å²) < 4.78 is 13.7. The SMILES string of the molecule is Cc1cc(Br)c(NC(=O)c2ccc(F)cc2Cl)cc1Cl. The van der Waals surface area contributed by atoms with E-state index in [9.17, 15) is 9.18 Å². The molecule has 0 fully saturated rings. The molecule has 2 rings (SSSR count). The van der Waals surface area contributed by atoms with Crippen LogP contribution in [0.25, 0.3) is 0 Å². The molecule has 2 aromatic rings. The number of carbonyl (C=O) groups is 1. The highest BCUT2D eigenvalue weighted by Gasteiger charge is 2.13. The van der Waals surface area contributed by atoms with E-state index in [1.54, 1.807) is 12.1 Å². The van der Waals surface area contributed by atoms with Crippen molar-refractivity contribution in [3.05, 3.63) is 61.8 Å². The maximum absolute atomic E-state index is 13.0. The van der Waals surface area contributed by atoms with Crippen LogP contribution in [0.15, 0.2) is 34.8 Å². The van der Waals surface area contributed by atoms with Gasteiger partial charge < -0.3 is 5.32 Å². The van der Waals surface area contributed by atoms with E-state index in [0.717, 1.165) is 11.6 Å². The van der Waals surface area contributed by atoms with Crippen LogP contribution in [0.5, 0.6) is 0 Å². The largest absolute Gasteiger partial charge is 0.321 e. The molecular formula is C14H9BrCl2FNO. The quantitative estimate of drug-likeness (QED) is 0.741. The first-order chi connectivity index (χ1) is 9.38. The number of hydrogen-bond donors (Lipinski definition) is 1. The molecule has 0 saturated carbocycles. The molecule has 2 nitrogen and oxygen atoms in total. The number of anilines is 1. The van der Waals surface area contributed by atoms with Gasteiger partial charge in [0.1, 0.15) is 5.82 Å². The Labute approximate surface area is 134 Å². The van der Waals surface area contributed by atoms with Gasteiger partial charge in [0.2, 0.25) is 0 Å². The zero-order valence-electron chi connectivity index (χ0n) is 10.3. The van der Waals surface area contributed by atoms with Crippen molar-refractivity contribution < 1.29 is 9.18 Å². The fraction of sp³-hybridized carbons (Fsp3) is 0.0714. The predicted molar refractivity (Wildman–Crippen MR) is 83.3 cm³/mol. The Morgan fingerprint density at radius 3 is 2.55 bits per heavy atom. The van der Waals surface area contributed by atoms with Gasteiger partial charge in [-0.15, -0.1) is 0 Å². The lowest BCUT2D eigenvalue weighted by Gasteiger charge is -2.10. The molecule has 2 aromatic carbocycles. The molecule has 0 spiro atoms. The topological polar surface area (TPSA) is 29.1 Å². The van der Waals surface area contributed by atoms with Crippen molar-refractivity contribution in [3.63, 3.8) is 0 Å². The Kier molecular flexibility index (Phi) is 4.68. The zero-order chi connectivity index (χ0) is 14.9. The van der Waals surface area contributed by atoms with Crippen molar-refractivity contribution >= 4 is 50.7 Å². The van der Waals surface area contributed by atoms with Crippen LogP contribution in [-0.2, 0) is 0 Å². The number of benzene rings is 2. The molecule has 0 bridgehead atoms. The van der Waals surface area contributed by atoms with Crippen LogP contribution in [0.3, 0.4) is 0 Å². The fourth-order valence-electron chi connectivity index (χ4n) is 1.61. The minimum absolute atomic E-state index is 0.0526. The highest BCUT2D eigenvalue weighted by molar-refractivity contribution is 9.10. The number of hydrogen-bond acceptors (Lipinski definition) is 1. The second kappa shape index (κ2) is 6.12. The van der Waals surface area contributed by atoms with E-state index in [4.69, 9.17) is 23.2 Å². The molecule has 0 aliphatic carbocycles. The summed E-state index contributed by atoms with van der Waals surface area (Å²) >= 11 is 15.2. The molecule has 0 aliphatic heterocycles. The smallest absolute Gasteiger partial charge is 0.257 e. The van der Waals surface area contributed by atoms with Gasteiger partial charge in [-0.25, -0.2) is 4.39 Å². The maximum atomic E-state index is 13.0. The highest BCUT2D eigenvalue weighted by atomic mass is 79.9. The van der Waals surface area contributed by atoms with Gasteiger partial charge in [0.15, 0.2) is 0 Å². The van der Waals surface area contributed by atoms with E-state index in [1.807, 2.05) is 6.92 Å². The number of carbonyl (C=O) groups excluding carboxylic acids is 1. The first-order valence-corrected chi connectivity index (χ1v) is 7.15. The molecule has 0 heterocycles. The second-order valence-corrected chi connectivity index (χ2v) is 5.83. The Hall–Kier alpha value is -1.10. The second-order valence-electron chi connectivity index (χ2n) is 4.16. The van der Waals surface area contributed by atoms with Crippen LogP contribution in [-0.4, -0.2) is 5.91 Å². The van der Waals surface area contributed by atoms with E-state index < -0.39 is 11.7 Å². The first-order valence-electron chi connectivity index (χ1n) is 5.60. The van der Waals surface area contributed by atoms with Crippen molar-refractivity contribution in [1.82, 2.24) is 0 Å². The monoisotopic (exact) mass is 375 g/mol. The zero-order valence-corrected chi connectivity index (χ0v) is 13.4. The molecule has 0 radical (unpaired) electrons. The Morgan fingerprint density at radius 1 is 1.20 bits per heavy atom. The van der Waals surface area contributed by atoms with E-state index in [2.05, 4.69) is 21.2 Å². The van der Waals surface area contributed by atoms with Crippen molar-refractivity contribution in [2.75, 3.05) is 5.32 Å². The molecule has 1 N–H and O–H groups in total. The van der Waals surface area contributed by atoms with Crippen LogP contribution < -0.4 is 5.32 Å². The molecule has 0 unspecified atom stereocenters. The maximum Gasteiger partial charge on any atom is 0.257 e. The molecule has 0 aromatic heterocycles. The summed E-state index contributed by atoms with van der Waals surface area (Å²) in [6.07, 6.45) is 0. The molecule has 1 amide bonds. The Balaban J connectivity index is 2.30. The molecule has 0 saturated heterocycles. The molecule has 0 aliphatic rings. The van der Waals surface area contributed by atoms with Crippen LogP contribution in [0, 0.1) is 12.7 Å². The third-order valence-corrected chi connectivity index (χ3v) is 4.05. The van der Waals surface area contributed by atoms with Crippen molar-refractivity contribution in [2.45, 2.75) is 6.92 Å². The van der Waals surface area contributed by atoms with Gasteiger partial charge >= 0.3 is 0 Å². The molecule has 104 valence electrons. The fourth-order valence-corrected chi connectivity index (χ4v) is 2.58. The standard InChI is InChI=1S/C14H9BrCl2FNO/c1-7-4-10(15)13(6-11(7)16)19-14(20)9-3-2-8(18)5-12(9)17/h2-6H,1H3,(H,19,20). The summed E-state index contributed by atoms with van der Waals surface area (Å²) in [4.78, 5) is 12.1. The summed E-state index contributed by atoms with van der Waals surface area (Å²) in [5, 5.41) is 3.27. The Bertz CT molecular complexity index is 691. The summed E-state index contributed by atoms with van der Waals surface area (Å²) in [5.41, 5.74) is 1.60. The normalized spacial score (nSPS) is 10.4. The molecule has 0 atom stereocenters. The number of rotatable bonds is 2. The van der Waals surface area contributed by atoms with Crippen molar-refractivity contribution in [2.24, 2.45) is 0 Å². The van der Waals surface area contributed by atoms with Gasteiger partial charge in [0.05, 0.1) is 16.3 Å². The molecule has 20 heavy (non-hydrogen) atoms. The molecular weight excluding hydrogens is 368 g/mol. The number of halogens is 4. The minimum Gasteiger partial charge on any atom is -0.321 e. The summed E-state index contributed by atoms with van der Waals surface area (Å²) in [5.74, 6) is -0.929. The van der Waals surface area contributed by atoms with Crippen molar-refractivity contribution in [1.29, 1.82) is 0 Å². The predicted octanol–water partition coefficient (Wildman–Crippen LogP) is 5.46. The Morgan fingerprint density at radius 2 is 1.90 bits per heavy atom. The number of nitrogens with one attached hydrogen (secondary N) is 1. The lowest BCUT2D eigenvalue weighted by molar-refractivity contribution is 0.102. The van der Waals surface area contributed by atoms with Gasteiger partial charge in [-0.2, -0.15) is 0 Å². The lowest BCUT2D eigenvalue weighted by Crippen LogP contribution is -2.13. The first kappa shape index (κ1) is 15.3. The van der Waals surface area contributed by atoms with Crippen LogP contribution in [0.1, 0.15) is 15.9 Å². The van der Waals surface area contributed by atoms with E-state index >= 15 is 0 Å². The van der Waals surface area contributed by atoms with Gasteiger partial charge in [-0.1, -0.05) is 23.2 Å². The summed E-state index contributed by atoms with van der Waals surface area (Å²) in [6, 6.07) is 7.03. The van der Waals surface area contributed by atoms with Gasteiger partial charge in [-0.05, 0) is 58.7 Å². The lowest BCUT2D eigenvalue weighted by atomic mass is 10.2. The highest BCUT2D eigenvalue weighted by Crippen LogP contribution is 2.30. The van der Waals surface area contributed by atoms with Crippen LogP contribution >= 0.6 is 39.1 Å². The summed E-state index contributed by atoms with van der Waals surface area (Å²) in [7, 11) is 0. The van der Waals surface area contributed by atoms with Gasteiger partial charge in [-0.3, -0.25) is 4.79 Å². The van der Waals surface area contributed by atoms with E-state index in [0.29, 0.717) is 15.2 Å². The number of amides is 1. The van der Waals surface area contributed by atoms with Gasteiger partial charge in [0.25, 0.3) is 5.91 Å². The minimum atomic E-state index is -0.494. The average molecular weight is 377 g/mol.